The maximum Gasteiger partial charge on any atom is 0.217 e. The lowest BCUT2D eigenvalue weighted by atomic mass is 9.94. The first-order chi connectivity index (χ1) is 33.4. The molecular formula is C40H68N2O29. The molecule has 0 aromatic carbocycles. The van der Waals surface area contributed by atoms with E-state index in [1.165, 1.54) is 13.8 Å². The predicted octanol–water partition coefficient (Wildman–Crippen LogP) is -11.8. The molecule has 6 saturated heterocycles. The predicted molar refractivity (Wildman–Crippen MR) is 220 cm³/mol. The van der Waals surface area contributed by atoms with Gasteiger partial charge in [0.2, 0.25) is 11.8 Å². The summed E-state index contributed by atoms with van der Waals surface area (Å²) in [6.45, 7) is 1.05. The van der Waals surface area contributed by atoms with Gasteiger partial charge in [-0.2, -0.15) is 0 Å². The Morgan fingerprint density at radius 2 is 0.775 bits per heavy atom. The SMILES string of the molecule is CC(=O)N[C@H]1[C@H](OC[C@H]2OC(O)[C@H](NC(C)=O)[C@@H](O)[C@H]2O[C@@H]2O[C@H](CO)[C@H](O)[C@H](O)[C@H]2O[C@H]2O[C@H](C)[C@H](O)[C@H](O)[C@H]2O)O[C@H](CO)[C@@H](O[C@@H]2O[C@H](CO)[C@H](O)[C@H](O)[C@H]2O[C@H]2O[C@H](C)[C@H](O)[C@H](O)[C@H]2O)[C@@H]1O. The molecule has 1 unspecified atom stereocenters. The fourth-order valence-corrected chi connectivity index (χ4v) is 9.08. The molecule has 0 bridgehead atoms. The number of hydrogen-bond acceptors (Lipinski definition) is 29. The molecule has 0 saturated carbocycles. The number of carbonyl (C=O) groups excluding carboxylic acids is 2. The molecule has 0 aromatic rings. The molecule has 30 atom stereocenters. The molecular weight excluding hydrogens is 972 g/mol. The Labute approximate surface area is 403 Å². The number of rotatable bonds is 16. The van der Waals surface area contributed by atoms with Gasteiger partial charge in [-0.25, -0.2) is 0 Å². The zero-order valence-electron chi connectivity index (χ0n) is 38.6. The number of aliphatic hydroxyl groups excluding tert-OH is 16. The van der Waals surface area contributed by atoms with E-state index in [4.69, 9.17) is 52.1 Å². The van der Waals surface area contributed by atoms with E-state index in [1.54, 1.807) is 0 Å². The van der Waals surface area contributed by atoms with Crippen molar-refractivity contribution in [3.63, 3.8) is 0 Å². The van der Waals surface area contributed by atoms with Crippen LogP contribution in [0.15, 0.2) is 0 Å². The minimum Gasteiger partial charge on any atom is -0.394 e. The lowest BCUT2D eigenvalue weighted by molar-refractivity contribution is -0.387. The summed E-state index contributed by atoms with van der Waals surface area (Å²) in [6.07, 6.45) is -50.1. The van der Waals surface area contributed by atoms with Gasteiger partial charge in [-0.3, -0.25) is 9.59 Å². The topological polar surface area (TPSA) is 483 Å². The summed E-state index contributed by atoms with van der Waals surface area (Å²) < 4.78 is 63.7. The van der Waals surface area contributed by atoms with E-state index < -0.39 is 222 Å². The quantitative estimate of drug-likeness (QED) is 0.0682. The highest BCUT2D eigenvalue weighted by Crippen LogP contribution is 2.36. The van der Waals surface area contributed by atoms with Crippen LogP contribution >= 0.6 is 0 Å². The summed E-state index contributed by atoms with van der Waals surface area (Å²) >= 11 is 0. The molecule has 31 heteroatoms. The van der Waals surface area contributed by atoms with Crippen LogP contribution in [0.5, 0.6) is 0 Å². The molecule has 6 rings (SSSR count). The lowest BCUT2D eigenvalue weighted by Crippen LogP contribution is -2.69. The fraction of sp³-hybridized carbons (Fsp3) is 0.950. The van der Waals surface area contributed by atoms with Crippen LogP contribution in [0.4, 0.5) is 0 Å². The van der Waals surface area contributed by atoms with E-state index in [0.717, 1.165) is 13.8 Å². The van der Waals surface area contributed by atoms with Gasteiger partial charge in [0.25, 0.3) is 0 Å². The number of carbonyl (C=O) groups is 2. The number of ether oxygens (including phenoxy) is 11. The van der Waals surface area contributed by atoms with Gasteiger partial charge in [0.1, 0.15) is 134 Å². The van der Waals surface area contributed by atoms with Crippen LogP contribution in [0.3, 0.4) is 0 Å². The van der Waals surface area contributed by atoms with Crippen molar-refractivity contribution in [3.8, 4) is 0 Å². The summed E-state index contributed by atoms with van der Waals surface area (Å²) in [5.41, 5.74) is 0. The molecule has 71 heavy (non-hydrogen) atoms. The molecule has 0 aromatic heterocycles. The summed E-state index contributed by atoms with van der Waals surface area (Å²) in [4.78, 5) is 24.8. The average Bonchev–Trinajstić information content (AvgIpc) is 3.32. The Kier molecular flexibility index (Phi) is 20.2. The number of aliphatic hydroxyl groups is 16. The lowest BCUT2D eigenvalue weighted by Gasteiger charge is -2.50. The first-order valence-electron chi connectivity index (χ1n) is 22.8. The van der Waals surface area contributed by atoms with Crippen LogP contribution in [-0.4, -0.2) is 304 Å². The van der Waals surface area contributed by atoms with Gasteiger partial charge >= 0.3 is 0 Å². The Bertz CT molecular complexity index is 1710. The molecule has 0 aliphatic carbocycles. The van der Waals surface area contributed by atoms with Crippen molar-refractivity contribution in [1.29, 1.82) is 0 Å². The highest BCUT2D eigenvalue weighted by molar-refractivity contribution is 5.73. The van der Waals surface area contributed by atoms with Gasteiger partial charge < -0.3 is 144 Å². The highest BCUT2D eigenvalue weighted by atomic mass is 16.8. The van der Waals surface area contributed by atoms with Gasteiger partial charge in [-0.15, -0.1) is 0 Å². The standard InChI is InChI=1S/C40H68N2O29/c1-9-19(48)25(54)29(58)37(62-9)70-33-27(56)21(50)13(5-43)65-39(33)68-31-15(7-45)67-36(18(24(31)53)42-12(4)47)61-8-16-32(23(52)17(35(60)64-16)41-11(3)46)69-40-34(28(57)22(51)14(6-44)66-40)71-38-30(59)26(55)20(49)10(2)63-38/h9-10,13-40,43-45,48-60H,5-8H2,1-4H3,(H,41,46)(H,42,47)/t9-,10-,13-,14-,15-,16-,17-,18-,19+,20+,21+,22+,23-,24-,25+,26+,27+,28+,29-,30-,31-,32+,33-,34-,35?,36-,37-,38-,39+,40+/m1/s1. The zero-order valence-corrected chi connectivity index (χ0v) is 38.6. The van der Waals surface area contributed by atoms with Crippen LogP contribution in [0.1, 0.15) is 27.7 Å². The summed E-state index contributed by atoms with van der Waals surface area (Å²) in [7, 11) is 0. The first kappa shape index (κ1) is 58.1. The third kappa shape index (κ3) is 12.6. The number of amides is 2. The van der Waals surface area contributed by atoms with E-state index in [2.05, 4.69) is 10.6 Å². The van der Waals surface area contributed by atoms with Crippen LogP contribution in [0, 0.1) is 0 Å². The fourth-order valence-electron chi connectivity index (χ4n) is 9.08. The molecule has 18 N–H and O–H groups in total. The smallest absolute Gasteiger partial charge is 0.217 e. The minimum absolute atomic E-state index is 0.769. The van der Waals surface area contributed by atoms with Gasteiger partial charge in [-0.1, -0.05) is 0 Å². The molecule has 6 aliphatic rings. The van der Waals surface area contributed by atoms with E-state index in [0.29, 0.717) is 0 Å². The summed E-state index contributed by atoms with van der Waals surface area (Å²) in [5, 5.41) is 176. The van der Waals surface area contributed by atoms with Crippen molar-refractivity contribution in [1.82, 2.24) is 10.6 Å². The summed E-state index contributed by atoms with van der Waals surface area (Å²) in [6, 6.07) is -3.34. The van der Waals surface area contributed by atoms with Crippen LogP contribution in [0.25, 0.3) is 0 Å². The van der Waals surface area contributed by atoms with Crippen molar-refractivity contribution < 1.29 is 143 Å². The van der Waals surface area contributed by atoms with Gasteiger partial charge in [0, 0.05) is 13.8 Å². The molecule has 2 amide bonds. The normalized spacial score (nSPS) is 50.8. The Hall–Kier alpha value is -2.14. The Balaban J connectivity index is 1.25. The minimum atomic E-state index is -2.03. The van der Waals surface area contributed by atoms with E-state index in [9.17, 15) is 91.3 Å². The molecule has 0 radical (unpaired) electrons. The van der Waals surface area contributed by atoms with Crippen LogP contribution in [0.2, 0.25) is 0 Å². The Morgan fingerprint density at radius 1 is 0.394 bits per heavy atom. The van der Waals surface area contributed by atoms with Gasteiger partial charge in [0.05, 0.1) is 38.6 Å². The monoisotopic (exact) mass is 1040 g/mol. The Morgan fingerprint density at radius 3 is 1.20 bits per heavy atom. The van der Waals surface area contributed by atoms with E-state index in [1.807, 2.05) is 0 Å². The maximum atomic E-state index is 12.6. The molecule has 6 heterocycles. The highest BCUT2D eigenvalue weighted by Gasteiger charge is 2.57. The van der Waals surface area contributed by atoms with E-state index >= 15 is 0 Å². The van der Waals surface area contributed by atoms with E-state index in [-0.39, 0.29) is 0 Å². The zero-order chi connectivity index (χ0) is 52.5. The second-order valence-corrected chi connectivity index (χ2v) is 18.2. The largest absolute Gasteiger partial charge is 0.394 e. The van der Waals surface area contributed by atoms with Crippen LogP contribution in [-0.2, 0) is 61.7 Å². The average molecular weight is 1040 g/mol. The van der Waals surface area contributed by atoms with Crippen molar-refractivity contribution in [3.05, 3.63) is 0 Å². The second-order valence-electron chi connectivity index (χ2n) is 18.2. The van der Waals surface area contributed by atoms with Gasteiger partial charge in [0.15, 0.2) is 37.7 Å². The van der Waals surface area contributed by atoms with Crippen molar-refractivity contribution >= 4 is 11.8 Å². The third-order valence-corrected chi connectivity index (χ3v) is 13.1. The molecule has 412 valence electrons. The van der Waals surface area contributed by atoms with Gasteiger partial charge in [-0.05, 0) is 13.8 Å². The molecule has 6 aliphatic heterocycles. The molecule has 31 nitrogen and oxygen atoms in total. The third-order valence-electron chi connectivity index (χ3n) is 13.1. The summed E-state index contributed by atoms with van der Waals surface area (Å²) in [5.74, 6) is -1.57. The number of nitrogens with one attached hydrogen (secondary N) is 2. The second kappa shape index (κ2) is 24.7. The van der Waals surface area contributed by atoms with Crippen LogP contribution < -0.4 is 10.6 Å². The number of hydrogen-bond donors (Lipinski definition) is 18. The first-order valence-corrected chi connectivity index (χ1v) is 22.8. The van der Waals surface area contributed by atoms with Crippen molar-refractivity contribution in [2.75, 3.05) is 26.4 Å². The molecule has 0 spiro atoms. The van der Waals surface area contributed by atoms with Crippen molar-refractivity contribution in [2.45, 2.75) is 212 Å². The van der Waals surface area contributed by atoms with Crippen molar-refractivity contribution in [2.24, 2.45) is 0 Å². The molecule has 6 fully saturated rings. The maximum absolute atomic E-state index is 12.6.